The van der Waals surface area contributed by atoms with Gasteiger partial charge in [0.25, 0.3) is 0 Å². The summed E-state index contributed by atoms with van der Waals surface area (Å²) in [6.07, 6.45) is 4.34. The highest BCUT2D eigenvalue weighted by molar-refractivity contribution is 5.56. The monoisotopic (exact) mass is 311 g/mol. The van der Waals surface area contributed by atoms with Crippen molar-refractivity contribution in [2.75, 3.05) is 36.9 Å². The van der Waals surface area contributed by atoms with E-state index in [0.29, 0.717) is 5.92 Å². The molecule has 0 saturated heterocycles. The van der Waals surface area contributed by atoms with Crippen LogP contribution < -0.4 is 15.5 Å². The van der Waals surface area contributed by atoms with Crippen LogP contribution in [0.5, 0.6) is 0 Å². The van der Waals surface area contributed by atoms with Gasteiger partial charge < -0.3 is 15.5 Å². The molecule has 23 heavy (non-hydrogen) atoms. The van der Waals surface area contributed by atoms with Gasteiger partial charge >= 0.3 is 0 Å². The van der Waals surface area contributed by atoms with Gasteiger partial charge in [-0.3, -0.25) is 0 Å². The summed E-state index contributed by atoms with van der Waals surface area (Å²) in [5.41, 5.74) is 4.30. The Balaban J connectivity index is 1.32. The van der Waals surface area contributed by atoms with E-state index in [1.54, 1.807) is 0 Å². The maximum Gasteiger partial charge on any atom is 0.124 e. The number of aryl methyl sites for hydroxylation is 1. The number of hydrogen-bond donors (Lipinski definition) is 2. The average Bonchev–Trinajstić information content (AvgIpc) is 3.03. The number of hydrogen-bond acceptors (Lipinski definition) is 4. The van der Waals surface area contributed by atoms with Crippen molar-refractivity contribution in [3.05, 3.63) is 41.6 Å². The van der Waals surface area contributed by atoms with Crippen LogP contribution >= 0.6 is 0 Å². The Morgan fingerprint density at radius 3 is 3.26 bits per heavy atom. The fraction of sp³-hybridized carbons (Fsp3) is 0.500. The van der Waals surface area contributed by atoms with Gasteiger partial charge in [-0.1, -0.05) is 12.1 Å². The predicted octanol–water partition coefficient (Wildman–Crippen LogP) is 2.10. The topological polar surface area (TPSA) is 45.1 Å². The van der Waals surface area contributed by atoms with Gasteiger partial charge in [0, 0.05) is 57.4 Å². The molecule has 0 unspecified atom stereocenters. The summed E-state index contributed by atoms with van der Waals surface area (Å²) >= 11 is 0. The van der Waals surface area contributed by atoms with Crippen LogP contribution in [0.4, 0.5) is 11.5 Å². The minimum atomic E-state index is 0.589. The number of nitrogens with zero attached hydrogens (tertiary/aromatic N) is 3. The summed E-state index contributed by atoms with van der Waals surface area (Å²) in [4.78, 5) is 2.37. The van der Waals surface area contributed by atoms with E-state index in [1.807, 2.05) is 12.3 Å². The molecule has 2 N–H and O–H groups in total. The van der Waals surface area contributed by atoms with Crippen molar-refractivity contribution in [1.29, 1.82) is 0 Å². The third-order valence-corrected chi connectivity index (χ3v) is 4.98. The quantitative estimate of drug-likeness (QED) is 0.908. The molecular formula is C18H25N5. The number of rotatable bonds is 4. The van der Waals surface area contributed by atoms with E-state index in [1.165, 1.54) is 36.2 Å². The smallest absolute Gasteiger partial charge is 0.124 e. The molecule has 2 aliphatic rings. The van der Waals surface area contributed by atoms with E-state index in [9.17, 15) is 0 Å². The van der Waals surface area contributed by atoms with Crippen molar-refractivity contribution >= 4 is 11.5 Å². The molecule has 0 spiro atoms. The second kappa shape index (κ2) is 6.24. The summed E-state index contributed by atoms with van der Waals surface area (Å²) in [5, 5.41) is 11.4. The predicted molar refractivity (Wildman–Crippen MR) is 93.9 cm³/mol. The Hall–Kier alpha value is -2.01. The lowest BCUT2D eigenvalue weighted by Crippen LogP contribution is -2.35. The highest BCUT2D eigenvalue weighted by atomic mass is 15.3. The van der Waals surface area contributed by atoms with E-state index in [0.717, 1.165) is 32.0 Å². The minimum Gasteiger partial charge on any atom is -0.374 e. The molecule has 2 aromatic rings. The molecule has 0 radical (unpaired) electrons. The number of nitrogens with one attached hydrogen (secondary N) is 2. The minimum absolute atomic E-state index is 0.589. The molecule has 1 aromatic carbocycles. The zero-order valence-electron chi connectivity index (χ0n) is 13.8. The standard InChI is InChI=1S/C18H25N5/c1-22-8-2-3-16-9-14(4-5-17(16)22)10-19-11-15-12-20-18-6-7-21-23(18)13-15/h4-7,9,15,19-20H,2-3,8,10-13H2,1H3/t15-/m1/s1. The first-order valence-corrected chi connectivity index (χ1v) is 8.59. The molecule has 0 amide bonds. The van der Waals surface area contributed by atoms with Gasteiger partial charge in [0.05, 0.1) is 6.20 Å². The summed E-state index contributed by atoms with van der Waals surface area (Å²) in [5.74, 6) is 1.73. The lowest BCUT2D eigenvalue weighted by Gasteiger charge is -2.28. The highest BCUT2D eigenvalue weighted by Gasteiger charge is 2.18. The van der Waals surface area contributed by atoms with Gasteiger partial charge in [-0.25, -0.2) is 4.68 Å². The Bertz CT molecular complexity index is 678. The third kappa shape index (κ3) is 3.06. The maximum absolute atomic E-state index is 4.35. The fourth-order valence-corrected chi connectivity index (χ4v) is 3.69. The van der Waals surface area contributed by atoms with Crippen LogP contribution in [0.1, 0.15) is 17.5 Å². The van der Waals surface area contributed by atoms with Gasteiger partial charge in [0.2, 0.25) is 0 Å². The first-order chi connectivity index (χ1) is 11.3. The third-order valence-electron chi connectivity index (χ3n) is 4.98. The summed E-state index contributed by atoms with van der Waals surface area (Å²) < 4.78 is 2.06. The molecule has 1 atom stereocenters. The van der Waals surface area contributed by atoms with E-state index in [2.05, 4.69) is 50.6 Å². The van der Waals surface area contributed by atoms with E-state index in [4.69, 9.17) is 0 Å². The highest BCUT2D eigenvalue weighted by Crippen LogP contribution is 2.26. The molecule has 5 heteroatoms. The van der Waals surface area contributed by atoms with Crippen LogP contribution in [-0.2, 0) is 19.5 Å². The molecule has 122 valence electrons. The zero-order chi connectivity index (χ0) is 15.6. The number of aromatic nitrogens is 2. The summed E-state index contributed by atoms with van der Waals surface area (Å²) in [7, 11) is 2.19. The van der Waals surface area contributed by atoms with Crippen molar-refractivity contribution in [3.63, 3.8) is 0 Å². The number of anilines is 2. The Morgan fingerprint density at radius 2 is 2.30 bits per heavy atom. The van der Waals surface area contributed by atoms with Crippen LogP contribution in [-0.4, -0.2) is 36.5 Å². The molecule has 1 aromatic heterocycles. The number of fused-ring (bicyclic) bond motifs is 2. The van der Waals surface area contributed by atoms with Crippen LogP contribution in [0.25, 0.3) is 0 Å². The molecule has 0 bridgehead atoms. The van der Waals surface area contributed by atoms with Gasteiger partial charge in [0.15, 0.2) is 0 Å². The Labute approximate surface area is 137 Å². The lowest BCUT2D eigenvalue weighted by atomic mass is 9.99. The summed E-state index contributed by atoms with van der Waals surface area (Å²) in [6.45, 7) is 5.16. The van der Waals surface area contributed by atoms with Gasteiger partial charge in [0.1, 0.15) is 5.82 Å². The molecule has 0 aliphatic carbocycles. The van der Waals surface area contributed by atoms with Crippen LogP contribution in [0.2, 0.25) is 0 Å². The molecule has 3 heterocycles. The zero-order valence-corrected chi connectivity index (χ0v) is 13.8. The first-order valence-electron chi connectivity index (χ1n) is 8.59. The molecule has 4 rings (SSSR count). The normalized spacial score (nSPS) is 19.9. The second-order valence-corrected chi connectivity index (χ2v) is 6.76. The van der Waals surface area contributed by atoms with Crippen LogP contribution in [0.15, 0.2) is 30.5 Å². The van der Waals surface area contributed by atoms with Crippen molar-refractivity contribution in [1.82, 2.24) is 15.1 Å². The van der Waals surface area contributed by atoms with E-state index >= 15 is 0 Å². The fourth-order valence-electron chi connectivity index (χ4n) is 3.69. The summed E-state index contributed by atoms with van der Waals surface area (Å²) in [6, 6.07) is 8.96. The van der Waals surface area contributed by atoms with Crippen LogP contribution in [0, 0.1) is 5.92 Å². The van der Waals surface area contributed by atoms with Gasteiger partial charge in [-0.2, -0.15) is 5.10 Å². The molecule has 0 saturated carbocycles. The lowest BCUT2D eigenvalue weighted by molar-refractivity contribution is 0.391. The average molecular weight is 311 g/mol. The van der Waals surface area contributed by atoms with Crippen molar-refractivity contribution < 1.29 is 0 Å². The molecular weight excluding hydrogens is 286 g/mol. The van der Waals surface area contributed by atoms with E-state index < -0.39 is 0 Å². The van der Waals surface area contributed by atoms with E-state index in [-0.39, 0.29) is 0 Å². The molecule has 2 aliphatic heterocycles. The SMILES string of the molecule is CN1CCCc2cc(CNC[C@@H]3CNc4ccnn4C3)ccc21. The molecule has 0 fully saturated rings. The molecule has 5 nitrogen and oxygen atoms in total. The van der Waals surface area contributed by atoms with Crippen molar-refractivity contribution in [2.24, 2.45) is 5.92 Å². The number of benzene rings is 1. The maximum atomic E-state index is 4.35. The van der Waals surface area contributed by atoms with Crippen LogP contribution in [0.3, 0.4) is 0 Å². The van der Waals surface area contributed by atoms with Gasteiger partial charge in [-0.15, -0.1) is 0 Å². The van der Waals surface area contributed by atoms with Crippen molar-refractivity contribution in [3.8, 4) is 0 Å². The second-order valence-electron chi connectivity index (χ2n) is 6.76. The largest absolute Gasteiger partial charge is 0.374 e. The van der Waals surface area contributed by atoms with Crippen molar-refractivity contribution in [2.45, 2.75) is 25.9 Å². The Kier molecular flexibility index (Phi) is 3.95. The Morgan fingerprint density at radius 1 is 1.35 bits per heavy atom. The van der Waals surface area contributed by atoms with Gasteiger partial charge in [-0.05, 0) is 30.0 Å². The first kappa shape index (κ1) is 14.6.